The van der Waals surface area contributed by atoms with Crippen LogP contribution in [0.2, 0.25) is 0 Å². The third kappa shape index (κ3) is 1.92. The summed E-state index contributed by atoms with van der Waals surface area (Å²) >= 11 is 0. The van der Waals surface area contributed by atoms with E-state index < -0.39 is 0 Å². The van der Waals surface area contributed by atoms with Crippen molar-refractivity contribution in [3.63, 3.8) is 0 Å². The second-order valence-electron chi connectivity index (χ2n) is 5.96. The molecule has 0 fully saturated rings. The SMILES string of the molecule is C=Cc1cncn1C1CCC(C)(C)c2ccccc21. The van der Waals surface area contributed by atoms with Crippen molar-refractivity contribution in [1.29, 1.82) is 0 Å². The van der Waals surface area contributed by atoms with E-state index in [9.17, 15) is 0 Å². The Balaban J connectivity index is 2.13. The quantitative estimate of drug-likeness (QED) is 0.783. The van der Waals surface area contributed by atoms with Crippen LogP contribution in [0.5, 0.6) is 0 Å². The molecular formula is C17H20N2. The van der Waals surface area contributed by atoms with Gasteiger partial charge in [0.25, 0.3) is 0 Å². The number of nitrogens with zero attached hydrogens (tertiary/aromatic N) is 2. The molecule has 0 saturated carbocycles. The summed E-state index contributed by atoms with van der Waals surface area (Å²) in [5, 5.41) is 0. The van der Waals surface area contributed by atoms with Gasteiger partial charge in [0.2, 0.25) is 0 Å². The molecule has 2 aromatic rings. The maximum absolute atomic E-state index is 4.27. The Morgan fingerprint density at radius 2 is 2.16 bits per heavy atom. The van der Waals surface area contributed by atoms with Crippen LogP contribution in [0.3, 0.4) is 0 Å². The Labute approximate surface area is 114 Å². The molecule has 0 radical (unpaired) electrons. The summed E-state index contributed by atoms with van der Waals surface area (Å²) in [6.07, 6.45) is 8.05. The normalized spacial score (nSPS) is 20.8. The number of rotatable bonds is 2. The molecule has 1 heterocycles. The Morgan fingerprint density at radius 1 is 1.37 bits per heavy atom. The minimum atomic E-state index is 0.266. The van der Waals surface area contributed by atoms with E-state index in [-0.39, 0.29) is 5.41 Å². The smallest absolute Gasteiger partial charge is 0.0956 e. The molecule has 1 aliphatic rings. The van der Waals surface area contributed by atoms with Crippen molar-refractivity contribution < 1.29 is 0 Å². The van der Waals surface area contributed by atoms with Crippen molar-refractivity contribution in [3.05, 3.63) is 60.2 Å². The van der Waals surface area contributed by atoms with E-state index in [1.807, 2.05) is 18.6 Å². The number of fused-ring (bicyclic) bond motifs is 1. The maximum Gasteiger partial charge on any atom is 0.0956 e. The highest BCUT2D eigenvalue weighted by Crippen LogP contribution is 2.43. The van der Waals surface area contributed by atoms with Crippen molar-refractivity contribution in [1.82, 2.24) is 9.55 Å². The van der Waals surface area contributed by atoms with Crippen molar-refractivity contribution in [2.24, 2.45) is 0 Å². The maximum atomic E-state index is 4.27. The standard InChI is InChI=1S/C17H20N2/c1-4-13-11-18-12-19(13)16-9-10-17(2,3)15-8-6-5-7-14(15)16/h4-8,11-12,16H,1,9-10H2,2-3H3. The lowest BCUT2D eigenvalue weighted by Gasteiger charge is -2.38. The number of aromatic nitrogens is 2. The lowest BCUT2D eigenvalue weighted by atomic mass is 9.71. The van der Waals surface area contributed by atoms with Gasteiger partial charge in [-0.25, -0.2) is 4.98 Å². The van der Waals surface area contributed by atoms with Crippen molar-refractivity contribution in [2.75, 3.05) is 0 Å². The van der Waals surface area contributed by atoms with Gasteiger partial charge in [-0.3, -0.25) is 0 Å². The Hall–Kier alpha value is -1.83. The highest BCUT2D eigenvalue weighted by atomic mass is 15.1. The summed E-state index contributed by atoms with van der Waals surface area (Å²) in [4.78, 5) is 4.27. The fourth-order valence-corrected chi connectivity index (χ4v) is 3.21. The first-order valence-corrected chi connectivity index (χ1v) is 6.87. The number of hydrogen-bond donors (Lipinski definition) is 0. The molecule has 0 spiro atoms. The summed E-state index contributed by atoms with van der Waals surface area (Å²) in [7, 11) is 0. The molecule has 2 heteroatoms. The molecule has 1 aromatic heterocycles. The first kappa shape index (κ1) is 12.2. The predicted octanol–water partition coefficient (Wildman–Crippen LogP) is 4.19. The number of imidazole rings is 1. The summed E-state index contributed by atoms with van der Waals surface area (Å²) in [5.41, 5.74) is 4.26. The van der Waals surface area contributed by atoms with Crippen LogP contribution in [-0.4, -0.2) is 9.55 Å². The minimum absolute atomic E-state index is 0.266. The van der Waals surface area contributed by atoms with Gasteiger partial charge in [0, 0.05) is 0 Å². The molecule has 1 unspecified atom stereocenters. The molecule has 0 amide bonds. The van der Waals surface area contributed by atoms with Crippen LogP contribution in [0, 0.1) is 0 Å². The van der Waals surface area contributed by atoms with Crippen LogP contribution in [0.1, 0.15) is 49.6 Å². The summed E-state index contributed by atoms with van der Waals surface area (Å²) in [6, 6.07) is 9.20. The molecule has 1 aromatic carbocycles. The summed E-state index contributed by atoms with van der Waals surface area (Å²) < 4.78 is 2.25. The van der Waals surface area contributed by atoms with E-state index in [1.165, 1.54) is 17.5 Å². The van der Waals surface area contributed by atoms with Crippen molar-refractivity contribution in [3.8, 4) is 0 Å². The molecule has 3 rings (SSSR count). The largest absolute Gasteiger partial charge is 0.323 e. The van der Waals surface area contributed by atoms with Gasteiger partial charge in [-0.2, -0.15) is 0 Å². The average Bonchev–Trinajstić information content (AvgIpc) is 2.87. The van der Waals surface area contributed by atoms with Crippen molar-refractivity contribution in [2.45, 2.75) is 38.1 Å². The number of hydrogen-bond acceptors (Lipinski definition) is 1. The van der Waals surface area contributed by atoms with Crippen LogP contribution in [-0.2, 0) is 5.41 Å². The molecule has 2 nitrogen and oxygen atoms in total. The summed E-state index contributed by atoms with van der Waals surface area (Å²) in [6.45, 7) is 8.56. The fraction of sp³-hybridized carbons (Fsp3) is 0.353. The second kappa shape index (κ2) is 4.37. The molecule has 1 aliphatic carbocycles. The van der Waals surface area contributed by atoms with E-state index in [0.29, 0.717) is 6.04 Å². The third-order valence-corrected chi connectivity index (χ3v) is 4.33. The zero-order valence-corrected chi connectivity index (χ0v) is 11.6. The van der Waals surface area contributed by atoms with Crippen LogP contribution in [0.4, 0.5) is 0 Å². The molecular weight excluding hydrogens is 232 g/mol. The van der Waals surface area contributed by atoms with E-state index in [4.69, 9.17) is 0 Å². The Kier molecular flexibility index (Phi) is 2.81. The zero-order chi connectivity index (χ0) is 13.5. The van der Waals surface area contributed by atoms with Crippen LogP contribution >= 0.6 is 0 Å². The first-order chi connectivity index (χ1) is 9.13. The molecule has 0 N–H and O–H groups in total. The minimum Gasteiger partial charge on any atom is -0.323 e. The predicted molar refractivity (Wildman–Crippen MR) is 79.2 cm³/mol. The van der Waals surface area contributed by atoms with Crippen LogP contribution in [0.25, 0.3) is 6.08 Å². The second-order valence-corrected chi connectivity index (χ2v) is 5.96. The fourth-order valence-electron chi connectivity index (χ4n) is 3.21. The Morgan fingerprint density at radius 3 is 2.95 bits per heavy atom. The highest BCUT2D eigenvalue weighted by molar-refractivity contribution is 5.44. The van der Waals surface area contributed by atoms with Gasteiger partial charge in [-0.05, 0) is 35.5 Å². The monoisotopic (exact) mass is 252 g/mol. The Bertz CT molecular complexity index is 607. The van der Waals surface area contributed by atoms with Crippen molar-refractivity contribution >= 4 is 6.08 Å². The van der Waals surface area contributed by atoms with E-state index >= 15 is 0 Å². The molecule has 0 saturated heterocycles. The molecule has 98 valence electrons. The first-order valence-electron chi connectivity index (χ1n) is 6.87. The van der Waals surface area contributed by atoms with Gasteiger partial charge in [0.05, 0.1) is 24.3 Å². The van der Waals surface area contributed by atoms with Gasteiger partial charge in [-0.15, -0.1) is 0 Å². The van der Waals surface area contributed by atoms with Gasteiger partial charge in [0.1, 0.15) is 0 Å². The van der Waals surface area contributed by atoms with Crippen LogP contribution in [0.15, 0.2) is 43.4 Å². The lowest BCUT2D eigenvalue weighted by molar-refractivity contribution is 0.367. The van der Waals surface area contributed by atoms with E-state index in [0.717, 1.165) is 12.1 Å². The third-order valence-electron chi connectivity index (χ3n) is 4.33. The molecule has 1 atom stereocenters. The highest BCUT2D eigenvalue weighted by Gasteiger charge is 2.33. The van der Waals surface area contributed by atoms with Gasteiger partial charge in [-0.1, -0.05) is 44.7 Å². The van der Waals surface area contributed by atoms with E-state index in [2.05, 4.69) is 54.2 Å². The van der Waals surface area contributed by atoms with Crippen LogP contribution < -0.4 is 0 Å². The number of benzene rings is 1. The molecule has 19 heavy (non-hydrogen) atoms. The van der Waals surface area contributed by atoms with Gasteiger partial charge >= 0.3 is 0 Å². The average molecular weight is 252 g/mol. The lowest BCUT2D eigenvalue weighted by Crippen LogP contribution is -2.29. The van der Waals surface area contributed by atoms with Gasteiger partial charge in [0.15, 0.2) is 0 Å². The van der Waals surface area contributed by atoms with E-state index in [1.54, 1.807) is 0 Å². The topological polar surface area (TPSA) is 17.8 Å². The molecule has 0 bridgehead atoms. The zero-order valence-electron chi connectivity index (χ0n) is 11.6. The van der Waals surface area contributed by atoms with Gasteiger partial charge < -0.3 is 4.57 Å². The summed E-state index contributed by atoms with van der Waals surface area (Å²) in [5.74, 6) is 0. The molecule has 0 aliphatic heterocycles.